The van der Waals surface area contributed by atoms with E-state index in [0.29, 0.717) is 0 Å². The van der Waals surface area contributed by atoms with Gasteiger partial charge in [-0.25, -0.2) is 0 Å². The van der Waals surface area contributed by atoms with Gasteiger partial charge in [0.25, 0.3) is 10.1 Å². The zero-order chi connectivity index (χ0) is 9.78. The quantitative estimate of drug-likeness (QED) is 0.631. The summed E-state index contributed by atoms with van der Waals surface area (Å²) < 4.78 is 29.4. The van der Waals surface area contributed by atoms with Crippen LogP contribution in [0.25, 0.3) is 0 Å². The van der Waals surface area contributed by atoms with Crippen molar-refractivity contribution >= 4 is 10.1 Å². The Balaban J connectivity index is 4.10. The van der Waals surface area contributed by atoms with Crippen molar-refractivity contribution in [2.24, 2.45) is 11.7 Å². The number of rotatable bonds is 5. The van der Waals surface area contributed by atoms with E-state index in [1.165, 1.54) is 0 Å². The van der Waals surface area contributed by atoms with Crippen LogP contribution in [0, 0.1) is 5.92 Å². The van der Waals surface area contributed by atoms with Crippen LogP contribution in [0.3, 0.4) is 0 Å². The summed E-state index contributed by atoms with van der Waals surface area (Å²) >= 11 is 0. The van der Waals surface area contributed by atoms with Crippen LogP contribution in [0.5, 0.6) is 0 Å². The molecule has 0 aromatic carbocycles. The normalized spacial score (nSPS) is 15.1. The number of hydrogen-bond acceptors (Lipinski definition) is 3. The molecular weight excluding hydrogens is 178 g/mol. The lowest BCUT2D eigenvalue weighted by molar-refractivity contribution is 0.403. The topological polar surface area (TPSA) is 80.4 Å². The van der Waals surface area contributed by atoms with Gasteiger partial charge >= 0.3 is 0 Å². The van der Waals surface area contributed by atoms with Gasteiger partial charge in [0.05, 0.1) is 5.75 Å². The standard InChI is InChI=1S/C7H17NO3S/c1-3-6(4-2)7(8)5-12(9,10)11/h6-7H,3-5,8H2,1-2H3,(H,9,10,11)/t7-/m1/s1. The van der Waals surface area contributed by atoms with Gasteiger partial charge in [-0.1, -0.05) is 26.7 Å². The molecule has 0 spiro atoms. The first kappa shape index (κ1) is 11.9. The van der Waals surface area contributed by atoms with E-state index < -0.39 is 16.2 Å². The molecule has 4 nitrogen and oxygen atoms in total. The molecule has 0 aromatic heterocycles. The molecule has 1 atom stereocenters. The second kappa shape index (κ2) is 4.79. The molecule has 0 aliphatic heterocycles. The lowest BCUT2D eigenvalue weighted by Crippen LogP contribution is -2.36. The Kier molecular flexibility index (Phi) is 4.74. The van der Waals surface area contributed by atoms with Crippen molar-refractivity contribution in [3.63, 3.8) is 0 Å². The van der Waals surface area contributed by atoms with E-state index in [4.69, 9.17) is 10.3 Å². The van der Waals surface area contributed by atoms with Crippen molar-refractivity contribution in [1.29, 1.82) is 0 Å². The molecule has 0 aromatic rings. The molecular formula is C7H17NO3S. The van der Waals surface area contributed by atoms with Crippen LogP contribution in [0.1, 0.15) is 26.7 Å². The van der Waals surface area contributed by atoms with Gasteiger partial charge in [-0.2, -0.15) is 8.42 Å². The van der Waals surface area contributed by atoms with Gasteiger partial charge in [0.2, 0.25) is 0 Å². The predicted octanol–water partition coefficient (Wildman–Crippen LogP) is 0.638. The minimum absolute atomic E-state index is 0.173. The van der Waals surface area contributed by atoms with Crippen molar-refractivity contribution in [3.8, 4) is 0 Å². The molecule has 5 heteroatoms. The molecule has 0 radical (unpaired) electrons. The average molecular weight is 195 g/mol. The van der Waals surface area contributed by atoms with Crippen LogP contribution in [-0.4, -0.2) is 24.8 Å². The first-order valence-corrected chi connectivity index (χ1v) is 5.72. The van der Waals surface area contributed by atoms with Crippen molar-refractivity contribution < 1.29 is 13.0 Å². The van der Waals surface area contributed by atoms with E-state index in [2.05, 4.69) is 0 Å². The Morgan fingerprint density at radius 3 is 2.00 bits per heavy atom. The highest BCUT2D eigenvalue weighted by Gasteiger charge is 2.19. The molecule has 0 fully saturated rings. The SMILES string of the molecule is CCC(CC)[C@H](N)CS(=O)(=O)O. The summed E-state index contributed by atoms with van der Waals surface area (Å²) in [5.74, 6) is -0.161. The largest absolute Gasteiger partial charge is 0.326 e. The number of hydrogen-bond donors (Lipinski definition) is 2. The van der Waals surface area contributed by atoms with Crippen LogP contribution < -0.4 is 5.73 Å². The molecule has 0 rings (SSSR count). The van der Waals surface area contributed by atoms with E-state index in [1.807, 2.05) is 13.8 Å². The third kappa shape index (κ3) is 4.69. The van der Waals surface area contributed by atoms with E-state index in [1.54, 1.807) is 0 Å². The van der Waals surface area contributed by atoms with Crippen LogP contribution in [0.4, 0.5) is 0 Å². The highest BCUT2D eigenvalue weighted by molar-refractivity contribution is 7.85. The van der Waals surface area contributed by atoms with Gasteiger partial charge in [0.15, 0.2) is 0 Å². The second-order valence-corrected chi connectivity index (χ2v) is 4.49. The fraction of sp³-hybridized carbons (Fsp3) is 1.00. The Morgan fingerprint density at radius 2 is 1.75 bits per heavy atom. The van der Waals surface area contributed by atoms with Crippen molar-refractivity contribution in [2.45, 2.75) is 32.7 Å². The molecule has 0 saturated heterocycles. The molecule has 0 heterocycles. The zero-order valence-electron chi connectivity index (χ0n) is 7.53. The predicted molar refractivity (Wildman–Crippen MR) is 48.5 cm³/mol. The first-order chi connectivity index (χ1) is 5.40. The van der Waals surface area contributed by atoms with Gasteiger partial charge in [-0.15, -0.1) is 0 Å². The Bertz CT molecular complexity index is 209. The molecule has 3 N–H and O–H groups in total. The molecule has 0 saturated carbocycles. The lowest BCUT2D eigenvalue weighted by atomic mass is 9.96. The summed E-state index contributed by atoms with van der Waals surface area (Å²) in [5, 5.41) is 0. The summed E-state index contributed by atoms with van der Waals surface area (Å²) in [4.78, 5) is 0. The Hall–Kier alpha value is -0.130. The first-order valence-electron chi connectivity index (χ1n) is 4.11. The molecule has 74 valence electrons. The van der Waals surface area contributed by atoms with Gasteiger partial charge in [-0.05, 0) is 5.92 Å². The lowest BCUT2D eigenvalue weighted by Gasteiger charge is -2.19. The van der Waals surface area contributed by atoms with Gasteiger partial charge < -0.3 is 5.73 Å². The highest BCUT2D eigenvalue weighted by Crippen LogP contribution is 2.12. The zero-order valence-corrected chi connectivity index (χ0v) is 8.34. The molecule has 0 amide bonds. The maximum atomic E-state index is 10.5. The summed E-state index contributed by atoms with van der Waals surface area (Å²) in [7, 11) is -3.91. The average Bonchev–Trinajstić information content (AvgIpc) is 1.85. The molecule has 12 heavy (non-hydrogen) atoms. The van der Waals surface area contributed by atoms with Crippen molar-refractivity contribution in [2.75, 3.05) is 5.75 Å². The fourth-order valence-corrected chi connectivity index (χ4v) is 2.03. The fourth-order valence-electron chi connectivity index (χ4n) is 1.27. The molecule has 0 aliphatic carbocycles. The number of nitrogens with two attached hydrogens (primary N) is 1. The summed E-state index contributed by atoms with van der Waals surface area (Å²) in [6.07, 6.45) is 1.68. The molecule has 0 aliphatic rings. The van der Waals surface area contributed by atoms with Gasteiger partial charge in [0.1, 0.15) is 0 Å². The smallest absolute Gasteiger partial charge is 0.266 e. The van der Waals surface area contributed by atoms with Crippen LogP contribution in [0.2, 0.25) is 0 Å². The van der Waals surface area contributed by atoms with Crippen LogP contribution in [-0.2, 0) is 10.1 Å². The van der Waals surface area contributed by atoms with Crippen molar-refractivity contribution in [3.05, 3.63) is 0 Å². The third-order valence-corrected chi connectivity index (χ3v) is 2.86. The monoisotopic (exact) mass is 195 g/mol. The maximum absolute atomic E-state index is 10.5. The molecule has 0 bridgehead atoms. The summed E-state index contributed by atoms with van der Waals surface area (Å²) in [5.41, 5.74) is 5.59. The Morgan fingerprint density at radius 1 is 1.33 bits per heavy atom. The third-order valence-electron chi connectivity index (χ3n) is 2.06. The summed E-state index contributed by atoms with van der Waals surface area (Å²) in [6.45, 7) is 3.91. The van der Waals surface area contributed by atoms with Crippen LogP contribution in [0.15, 0.2) is 0 Å². The van der Waals surface area contributed by atoms with E-state index >= 15 is 0 Å². The minimum Gasteiger partial charge on any atom is -0.326 e. The minimum atomic E-state index is -3.91. The van der Waals surface area contributed by atoms with Gasteiger partial charge in [0, 0.05) is 6.04 Å². The molecule has 0 unspecified atom stereocenters. The van der Waals surface area contributed by atoms with E-state index in [0.717, 1.165) is 12.8 Å². The van der Waals surface area contributed by atoms with Crippen LogP contribution >= 0.6 is 0 Å². The van der Waals surface area contributed by atoms with Crippen molar-refractivity contribution in [1.82, 2.24) is 0 Å². The summed E-state index contributed by atoms with van der Waals surface area (Å²) in [6, 6.07) is -0.449. The highest BCUT2D eigenvalue weighted by atomic mass is 32.2. The van der Waals surface area contributed by atoms with E-state index in [-0.39, 0.29) is 11.7 Å². The Labute approximate surface area is 73.9 Å². The van der Waals surface area contributed by atoms with E-state index in [9.17, 15) is 8.42 Å². The second-order valence-electron chi connectivity index (χ2n) is 2.99. The van der Waals surface area contributed by atoms with Gasteiger partial charge in [-0.3, -0.25) is 4.55 Å². The maximum Gasteiger partial charge on any atom is 0.266 e.